The summed E-state index contributed by atoms with van der Waals surface area (Å²) in [6, 6.07) is 7.34. The molecule has 0 saturated carbocycles. The van der Waals surface area contributed by atoms with E-state index in [2.05, 4.69) is 25.1 Å². The van der Waals surface area contributed by atoms with E-state index < -0.39 is 22.5 Å². The van der Waals surface area contributed by atoms with Crippen LogP contribution in [0.1, 0.15) is 17.0 Å². The van der Waals surface area contributed by atoms with Gasteiger partial charge in [0.15, 0.2) is 5.82 Å². The van der Waals surface area contributed by atoms with Gasteiger partial charge in [0.1, 0.15) is 5.69 Å². The Labute approximate surface area is 175 Å². The van der Waals surface area contributed by atoms with Crippen LogP contribution < -0.4 is 19.5 Å². The number of nitrogens with zero attached hydrogens (tertiary/aromatic N) is 4. The molecule has 0 saturated heterocycles. The van der Waals surface area contributed by atoms with Crippen LogP contribution in [0, 0.1) is 0 Å². The standard InChI is InChI=1S/C17H16F2N6O5S/c1-29-14-9-13(22-17(23-14)30-2)24-31(27,28)11-5-3-10(4-6-11)21-15(26)12-7-8-20-25(12)16(18)19/h3-9,16H,1-2H3,(H,21,26)(H,22,23,24). The van der Waals surface area contributed by atoms with E-state index in [0.29, 0.717) is 0 Å². The number of anilines is 2. The molecular formula is C17H16F2N6O5S. The molecule has 0 bridgehead atoms. The summed E-state index contributed by atoms with van der Waals surface area (Å²) in [6.07, 6.45) is 1.07. The van der Waals surface area contributed by atoms with Crippen molar-refractivity contribution in [2.75, 3.05) is 24.3 Å². The van der Waals surface area contributed by atoms with E-state index in [1.807, 2.05) is 0 Å². The van der Waals surface area contributed by atoms with Crippen molar-refractivity contribution in [3.63, 3.8) is 0 Å². The van der Waals surface area contributed by atoms with E-state index in [0.717, 1.165) is 12.3 Å². The summed E-state index contributed by atoms with van der Waals surface area (Å²) in [6.45, 7) is -2.98. The fourth-order valence-electron chi connectivity index (χ4n) is 2.41. The highest BCUT2D eigenvalue weighted by molar-refractivity contribution is 7.92. The average Bonchev–Trinajstić information content (AvgIpc) is 3.24. The summed E-state index contributed by atoms with van der Waals surface area (Å²) in [4.78, 5) is 19.8. The van der Waals surface area contributed by atoms with E-state index in [4.69, 9.17) is 9.47 Å². The van der Waals surface area contributed by atoms with Gasteiger partial charge in [0.25, 0.3) is 15.9 Å². The van der Waals surface area contributed by atoms with Crippen LogP contribution in [0.2, 0.25) is 0 Å². The summed E-state index contributed by atoms with van der Waals surface area (Å²) in [7, 11) is -1.38. The number of rotatable bonds is 8. The quantitative estimate of drug-likeness (QED) is 0.528. The SMILES string of the molecule is COc1cc(NS(=O)(=O)c2ccc(NC(=O)c3ccnn3C(F)F)cc2)nc(OC)n1. The number of sulfonamides is 1. The number of alkyl halides is 2. The minimum Gasteiger partial charge on any atom is -0.481 e. The van der Waals surface area contributed by atoms with Gasteiger partial charge in [0, 0.05) is 18.0 Å². The molecule has 0 aliphatic heterocycles. The molecule has 2 heterocycles. The molecule has 164 valence electrons. The van der Waals surface area contributed by atoms with Crippen molar-refractivity contribution < 1.29 is 31.5 Å². The maximum atomic E-state index is 12.8. The number of aromatic nitrogens is 4. The van der Waals surface area contributed by atoms with Crippen LogP contribution in [-0.4, -0.2) is 48.3 Å². The molecule has 2 N–H and O–H groups in total. The number of hydrogen-bond donors (Lipinski definition) is 2. The maximum absolute atomic E-state index is 12.8. The Morgan fingerprint density at radius 3 is 2.42 bits per heavy atom. The maximum Gasteiger partial charge on any atom is 0.333 e. The van der Waals surface area contributed by atoms with Gasteiger partial charge in [-0.1, -0.05) is 0 Å². The zero-order valence-electron chi connectivity index (χ0n) is 16.1. The predicted molar refractivity (Wildman–Crippen MR) is 104 cm³/mol. The fraction of sp³-hybridized carbons (Fsp3) is 0.176. The Hall–Kier alpha value is -3.81. The van der Waals surface area contributed by atoms with Crippen LogP contribution in [0.15, 0.2) is 47.5 Å². The molecule has 31 heavy (non-hydrogen) atoms. The summed E-state index contributed by atoms with van der Waals surface area (Å²) in [5.74, 6) is -0.821. The summed E-state index contributed by atoms with van der Waals surface area (Å²) >= 11 is 0. The highest BCUT2D eigenvalue weighted by Crippen LogP contribution is 2.22. The molecule has 1 amide bonds. The van der Waals surface area contributed by atoms with Crippen molar-refractivity contribution in [1.29, 1.82) is 0 Å². The third-order valence-corrected chi connectivity index (χ3v) is 5.19. The first kappa shape index (κ1) is 21.9. The second kappa shape index (κ2) is 8.91. The molecule has 0 radical (unpaired) electrons. The van der Waals surface area contributed by atoms with Gasteiger partial charge in [0.05, 0.1) is 19.1 Å². The Balaban J connectivity index is 1.76. The van der Waals surface area contributed by atoms with Crippen molar-refractivity contribution >= 4 is 27.4 Å². The summed E-state index contributed by atoms with van der Waals surface area (Å²) in [5.41, 5.74) is -0.156. The van der Waals surface area contributed by atoms with E-state index >= 15 is 0 Å². The lowest BCUT2D eigenvalue weighted by Gasteiger charge is -2.11. The lowest BCUT2D eigenvalue weighted by molar-refractivity contribution is 0.0520. The van der Waals surface area contributed by atoms with Crippen LogP contribution in [0.3, 0.4) is 0 Å². The van der Waals surface area contributed by atoms with Crippen LogP contribution >= 0.6 is 0 Å². The molecule has 2 aromatic heterocycles. The number of amides is 1. The van der Waals surface area contributed by atoms with Gasteiger partial charge in [-0.15, -0.1) is 0 Å². The minimum absolute atomic E-state index is 0.0821. The van der Waals surface area contributed by atoms with Crippen molar-refractivity contribution in [3.05, 3.63) is 48.3 Å². The van der Waals surface area contributed by atoms with Gasteiger partial charge in [-0.05, 0) is 30.3 Å². The van der Waals surface area contributed by atoms with Crippen LogP contribution in [0.4, 0.5) is 20.3 Å². The number of benzene rings is 1. The molecule has 0 atom stereocenters. The number of halogens is 2. The molecule has 3 rings (SSSR count). The molecule has 0 fully saturated rings. The third-order valence-electron chi connectivity index (χ3n) is 3.82. The molecule has 1 aromatic carbocycles. The second-order valence-corrected chi connectivity index (χ2v) is 7.49. The second-order valence-electron chi connectivity index (χ2n) is 5.80. The van der Waals surface area contributed by atoms with Crippen LogP contribution in [-0.2, 0) is 10.0 Å². The zero-order valence-corrected chi connectivity index (χ0v) is 16.9. The first-order valence-corrected chi connectivity index (χ1v) is 9.95. The van der Waals surface area contributed by atoms with E-state index in [-0.39, 0.29) is 38.7 Å². The first-order chi connectivity index (χ1) is 14.7. The van der Waals surface area contributed by atoms with E-state index in [1.54, 1.807) is 0 Å². The van der Waals surface area contributed by atoms with Crippen molar-refractivity contribution in [2.45, 2.75) is 11.4 Å². The highest BCUT2D eigenvalue weighted by Gasteiger charge is 2.19. The number of carbonyl (C=O) groups is 1. The van der Waals surface area contributed by atoms with Crippen LogP contribution in [0.25, 0.3) is 0 Å². The van der Waals surface area contributed by atoms with E-state index in [9.17, 15) is 22.0 Å². The average molecular weight is 454 g/mol. The summed E-state index contributed by atoms with van der Waals surface area (Å²) in [5, 5.41) is 5.78. The highest BCUT2D eigenvalue weighted by atomic mass is 32.2. The Morgan fingerprint density at radius 2 is 1.81 bits per heavy atom. The Morgan fingerprint density at radius 1 is 1.10 bits per heavy atom. The van der Waals surface area contributed by atoms with Crippen LogP contribution in [0.5, 0.6) is 11.9 Å². The fourth-order valence-corrected chi connectivity index (χ4v) is 3.40. The normalized spacial score (nSPS) is 11.3. The van der Waals surface area contributed by atoms with Gasteiger partial charge in [0.2, 0.25) is 5.88 Å². The molecule has 11 nitrogen and oxygen atoms in total. The topological polar surface area (TPSA) is 137 Å². The largest absolute Gasteiger partial charge is 0.481 e. The van der Waals surface area contributed by atoms with Gasteiger partial charge in [-0.3, -0.25) is 9.52 Å². The number of carbonyl (C=O) groups excluding carboxylic acids is 1. The molecule has 0 unspecified atom stereocenters. The number of methoxy groups -OCH3 is 2. The lowest BCUT2D eigenvalue weighted by atomic mass is 10.3. The van der Waals surface area contributed by atoms with E-state index in [1.165, 1.54) is 44.6 Å². The van der Waals surface area contributed by atoms with Crippen molar-refractivity contribution in [2.24, 2.45) is 0 Å². The Kier molecular flexibility index (Phi) is 6.29. The van der Waals surface area contributed by atoms with Crippen molar-refractivity contribution in [1.82, 2.24) is 19.7 Å². The molecule has 3 aromatic rings. The Bertz CT molecular complexity index is 1160. The molecule has 0 aliphatic carbocycles. The third kappa shape index (κ3) is 5.03. The predicted octanol–water partition coefficient (Wildman–Crippen LogP) is 2.14. The molecule has 0 aliphatic rings. The number of ether oxygens (including phenoxy) is 2. The van der Waals surface area contributed by atoms with Gasteiger partial charge >= 0.3 is 12.6 Å². The molecular weight excluding hydrogens is 438 g/mol. The smallest absolute Gasteiger partial charge is 0.333 e. The lowest BCUT2D eigenvalue weighted by Crippen LogP contribution is -2.18. The molecule has 0 spiro atoms. The van der Waals surface area contributed by atoms with Gasteiger partial charge in [-0.2, -0.15) is 28.5 Å². The molecule has 14 heteroatoms. The van der Waals surface area contributed by atoms with Gasteiger partial charge < -0.3 is 14.8 Å². The monoisotopic (exact) mass is 454 g/mol. The van der Waals surface area contributed by atoms with Crippen molar-refractivity contribution in [3.8, 4) is 11.9 Å². The minimum atomic E-state index is -4.05. The zero-order chi connectivity index (χ0) is 22.6. The summed E-state index contributed by atoms with van der Waals surface area (Å²) < 4.78 is 63.3. The first-order valence-electron chi connectivity index (χ1n) is 8.46. The number of nitrogens with one attached hydrogen (secondary N) is 2. The number of hydrogen-bond acceptors (Lipinski definition) is 8. The van der Waals surface area contributed by atoms with Gasteiger partial charge in [-0.25, -0.2) is 8.42 Å².